The fourth-order valence-electron chi connectivity index (χ4n) is 0.564. The molecule has 0 amide bonds. The standard InChI is InChI=1S/C8H16N2/c1-5-10-8(9)7(4)6(2)3/h5-7H,1H2,2-4H3,(H2,9,10). The zero-order chi connectivity index (χ0) is 8.15. The predicted octanol–water partition coefficient (Wildman–Crippen LogP) is 1.78. The number of aliphatic imine (C=N–C) groups is 1. The molecule has 0 radical (unpaired) electrons. The van der Waals surface area contributed by atoms with Gasteiger partial charge in [-0.05, 0) is 5.92 Å². The van der Waals surface area contributed by atoms with Gasteiger partial charge in [-0.1, -0.05) is 27.4 Å². The van der Waals surface area contributed by atoms with Crippen molar-refractivity contribution in [2.24, 2.45) is 22.6 Å². The molecule has 0 aromatic heterocycles. The Labute approximate surface area is 62.8 Å². The molecule has 2 N–H and O–H groups in total. The van der Waals surface area contributed by atoms with Gasteiger partial charge in [0.25, 0.3) is 0 Å². The first-order chi connectivity index (χ1) is 4.59. The van der Waals surface area contributed by atoms with Gasteiger partial charge in [-0.15, -0.1) is 0 Å². The van der Waals surface area contributed by atoms with Crippen LogP contribution in [-0.2, 0) is 0 Å². The monoisotopic (exact) mass is 140 g/mol. The normalized spacial score (nSPS) is 15.4. The lowest BCUT2D eigenvalue weighted by Gasteiger charge is -2.13. The lowest BCUT2D eigenvalue weighted by atomic mass is 9.97. The Hall–Kier alpha value is -0.790. The first-order valence-corrected chi connectivity index (χ1v) is 3.53. The summed E-state index contributed by atoms with van der Waals surface area (Å²) in [5, 5.41) is 0. The molecular formula is C8H16N2. The van der Waals surface area contributed by atoms with E-state index in [1.54, 1.807) is 0 Å². The molecule has 1 unspecified atom stereocenters. The van der Waals surface area contributed by atoms with E-state index in [2.05, 4.69) is 32.3 Å². The molecule has 0 aliphatic rings. The highest BCUT2D eigenvalue weighted by molar-refractivity contribution is 5.83. The lowest BCUT2D eigenvalue weighted by Crippen LogP contribution is -2.24. The number of nitrogens with zero attached hydrogens (tertiary/aromatic N) is 1. The summed E-state index contributed by atoms with van der Waals surface area (Å²) in [6, 6.07) is 0. The highest BCUT2D eigenvalue weighted by Crippen LogP contribution is 2.08. The predicted molar refractivity (Wildman–Crippen MR) is 45.8 cm³/mol. The Kier molecular flexibility index (Phi) is 3.77. The summed E-state index contributed by atoms with van der Waals surface area (Å²) in [5.41, 5.74) is 5.61. The van der Waals surface area contributed by atoms with Crippen LogP contribution in [0.2, 0.25) is 0 Å². The van der Waals surface area contributed by atoms with Crippen LogP contribution in [0.1, 0.15) is 20.8 Å². The number of hydrogen-bond donors (Lipinski definition) is 1. The number of hydrogen-bond acceptors (Lipinski definition) is 1. The number of rotatable bonds is 3. The summed E-state index contributed by atoms with van der Waals surface area (Å²) < 4.78 is 0. The van der Waals surface area contributed by atoms with E-state index in [0.29, 0.717) is 17.7 Å². The molecule has 0 aliphatic carbocycles. The number of amidine groups is 1. The van der Waals surface area contributed by atoms with Crippen molar-refractivity contribution in [2.45, 2.75) is 20.8 Å². The van der Waals surface area contributed by atoms with Crippen LogP contribution < -0.4 is 5.73 Å². The van der Waals surface area contributed by atoms with Gasteiger partial charge in [0.2, 0.25) is 0 Å². The van der Waals surface area contributed by atoms with Gasteiger partial charge in [0.1, 0.15) is 5.84 Å². The summed E-state index contributed by atoms with van der Waals surface area (Å²) in [7, 11) is 0. The Balaban J connectivity index is 4.06. The van der Waals surface area contributed by atoms with Crippen molar-refractivity contribution in [2.75, 3.05) is 0 Å². The van der Waals surface area contributed by atoms with E-state index in [4.69, 9.17) is 5.73 Å². The fraction of sp³-hybridized carbons (Fsp3) is 0.625. The summed E-state index contributed by atoms with van der Waals surface area (Å²) >= 11 is 0. The Morgan fingerprint density at radius 3 is 2.30 bits per heavy atom. The first kappa shape index (κ1) is 9.21. The molecule has 0 bridgehead atoms. The van der Waals surface area contributed by atoms with Crippen molar-refractivity contribution < 1.29 is 0 Å². The van der Waals surface area contributed by atoms with E-state index in [9.17, 15) is 0 Å². The highest BCUT2D eigenvalue weighted by Gasteiger charge is 2.09. The second-order valence-corrected chi connectivity index (χ2v) is 2.77. The van der Waals surface area contributed by atoms with E-state index in [1.165, 1.54) is 6.20 Å². The van der Waals surface area contributed by atoms with Crippen LogP contribution in [0, 0.1) is 11.8 Å². The second kappa shape index (κ2) is 4.09. The summed E-state index contributed by atoms with van der Waals surface area (Å²) in [5.74, 6) is 1.56. The average molecular weight is 140 g/mol. The zero-order valence-corrected chi connectivity index (χ0v) is 6.96. The third-order valence-electron chi connectivity index (χ3n) is 1.71. The quantitative estimate of drug-likeness (QED) is 0.471. The highest BCUT2D eigenvalue weighted by atomic mass is 14.8. The van der Waals surface area contributed by atoms with Gasteiger partial charge >= 0.3 is 0 Å². The molecule has 2 heteroatoms. The van der Waals surface area contributed by atoms with Crippen molar-refractivity contribution in [3.05, 3.63) is 12.8 Å². The first-order valence-electron chi connectivity index (χ1n) is 3.53. The molecule has 0 spiro atoms. The minimum Gasteiger partial charge on any atom is -0.387 e. The van der Waals surface area contributed by atoms with Crippen molar-refractivity contribution in [3.63, 3.8) is 0 Å². The van der Waals surface area contributed by atoms with Crippen LogP contribution in [0.4, 0.5) is 0 Å². The molecule has 0 fully saturated rings. The van der Waals surface area contributed by atoms with Gasteiger partial charge in [0.15, 0.2) is 0 Å². The van der Waals surface area contributed by atoms with Gasteiger partial charge in [-0.25, -0.2) is 4.99 Å². The Morgan fingerprint density at radius 2 is 2.00 bits per heavy atom. The molecule has 1 atom stereocenters. The van der Waals surface area contributed by atoms with Gasteiger partial charge in [-0.2, -0.15) is 0 Å². The van der Waals surface area contributed by atoms with Gasteiger partial charge in [0, 0.05) is 12.1 Å². The van der Waals surface area contributed by atoms with Crippen molar-refractivity contribution in [3.8, 4) is 0 Å². The van der Waals surface area contributed by atoms with Crippen LogP contribution in [0.25, 0.3) is 0 Å². The third kappa shape index (κ3) is 2.67. The zero-order valence-electron chi connectivity index (χ0n) is 6.96. The molecule has 0 aromatic carbocycles. The lowest BCUT2D eigenvalue weighted by molar-refractivity contribution is 0.529. The van der Waals surface area contributed by atoms with E-state index >= 15 is 0 Å². The smallest absolute Gasteiger partial charge is 0.102 e. The minimum absolute atomic E-state index is 0.345. The molecule has 0 rings (SSSR count). The van der Waals surface area contributed by atoms with E-state index in [1.807, 2.05) is 0 Å². The Bertz CT molecular complexity index is 136. The van der Waals surface area contributed by atoms with Crippen molar-refractivity contribution in [1.29, 1.82) is 0 Å². The molecule has 0 saturated heterocycles. The van der Waals surface area contributed by atoms with Gasteiger partial charge in [-0.3, -0.25) is 0 Å². The van der Waals surface area contributed by atoms with E-state index < -0.39 is 0 Å². The van der Waals surface area contributed by atoms with Crippen LogP contribution in [0.3, 0.4) is 0 Å². The SMILES string of the molecule is C=CN=C(N)C(C)C(C)C. The largest absolute Gasteiger partial charge is 0.387 e. The molecule has 0 saturated carbocycles. The second-order valence-electron chi connectivity index (χ2n) is 2.77. The molecular weight excluding hydrogens is 124 g/mol. The molecule has 0 aliphatic heterocycles. The molecule has 2 nitrogen and oxygen atoms in total. The molecule has 10 heavy (non-hydrogen) atoms. The summed E-state index contributed by atoms with van der Waals surface area (Å²) in [6.07, 6.45) is 1.48. The van der Waals surface area contributed by atoms with Crippen LogP contribution in [-0.4, -0.2) is 5.84 Å². The molecule has 58 valence electrons. The fourth-order valence-corrected chi connectivity index (χ4v) is 0.564. The van der Waals surface area contributed by atoms with E-state index in [-0.39, 0.29) is 0 Å². The van der Waals surface area contributed by atoms with E-state index in [0.717, 1.165) is 0 Å². The topological polar surface area (TPSA) is 38.4 Å². The summed E-state index contributed by atoms with van der Waals surface area (Å²) in [4.78, 5) is 3.90. The van der Waals surface area contributed by atoms with Crippen molar-refractivity contribution >= 4 is 5.84 Å². The maximum absolute atomic E-state index is 5.61. The van der Waals surface area contributed by atoms with Crippen molar-refractivity contribution in [1.82, 2.24) is 0 Å². The molecule has 0 aromatic rings. The summed E-state index contributed by atoms with van der Waals surface area (Å²) in [6.45, 7) is 9.78. The maximum atomic E-state index is 5.61. The average Bonchev–Trinajstić information content (AvgIpc) is 1.87. The number of nitrogens with two attached hydrogens (primary N) is 1. The minimum atomic E-state index is 0.345. The van der Waals surface area contributed by atoms with Gasteiger partial charge in [0.05, 0.1) is 0 Å². The van der Waals surface area contributed by atoms with Crippen LogP contribution in [0.15, 0.2) is 17.8 Å². The molecule has 0 heterocycles. The Morgan fingerprint density at radius 1 is 1.50 bits per heavy atom. The maximum Gasteiger partial charge on any atom is 0.102 e. The van der Waals surface area contributed by atoms with Crippen LogP contribution in [0.5, 0.6) is 0 Å². The van der Waals surface area contributed by atoms with Gasteiger partial charge < -0.3 is 5.73 Å². The van der Waals surface area contributed by atoms with Crippen LogP contribution >= 0.6 is 0 Å². The third-order valence-corrected chi connectivity index (χ3v) is 1.71.